The van der Waals surface area contributed by atoms with Crippen LogP contribution in [0.5, 0.6) is 0 Å². The van der Waals surface area contributed by atoms with Crippen LogP contribution < -0.4 is 10.5 Å². The number of carbonyl (C=O) groups is 3. The Kier molecular flexibility index (Phi) is 7.59. The van der Waals surface area contributed by atoms with E-state index in [0.717, 1.165) is 0 Å². The Balaban J connectivity index is 0.000000286. The number of amides is 1. The van der Waals surface area contributed by atoms with Gasteiger partial charge in [-0.3, -0.25) is 14.6 Å². The van der Waals surface area contributed by atoms with E-state index in [1.54, 1.807) is 30.3 Å². The van der Waals surface area contributed by atoms with Crippen molar-refractivity contribution < 1.29 is 23.7 Å². The number of carboxylic acid groups (broad SMARTS) is 1. The highest BCUT2D eigenvalue weighted by molar-refractivity contribution is 7.91. The number of carbonyl (C=O) groups excluding carboxylic acids is 2. The third-order valence-electron chi connectivity index (χ3n) is 4.34. The molecule has 0 aliphatic carbocycles. The van der Waals surface area contributed by atoms with Gasteiger partial charge in [0.25, 0.3) is 0 Å². The largest absolute Gasteiger partial charge is 0.478 e. The number of pyridine rings is 1. The number of halogens is 2. The number of allylic oxidation sites excluding steroid dienone is 1. The second-order valence-corrected chi connectivity index (χ2v) is 8.54. The molecular formula is C22H15Cl2N3O5S. The summed E-state index contributed by atoms with van der Waals surface area (Å²) in [6.45, 7) is 0. The Labute approximate surface area is 200 Å². The van der Waals surface area contributed by atoms with E-state index in [9.17, 15) is 18.6 Å². The molecule has 0 radical (unpaired) electrons. The fraction of sp³-hybridized carbons (Fsp3) is 0. The predicted octanol–water partition coefficient (Wildman–Crippen LogP) is 4.19. The molecule has 2 heterocycles. The molecule has 0 fully saturated rings. The Morgan fingerprint density at radius 2 is 1.70 bits per heavy atom. The lowest BCUT2D eigenvalue weighted by Gasteiger charge is -2.19. The summed E-state index contributed by atoms with van der Waals surface area (Å²) in [5.74, 6) is -2.07. The van der Waals surface area contributed by atoms with E-state index in [-0.39, 0.29) is 16.0 Å². The van der Waals surface area contributed by atoms with Gasteiger partial charge in [-0.15, -0.1) is 0 Å². The van der Waals surface area contributed by atoms with Gasteiger partial charge in [0.2, 0.25) is 11.7 Å². The summed E-state index contributed by atoms with van der Waals surface area (Å²) in [6, 6.07) is 11.9. The fourth-order valence-corrected chi connectivity index (χ4v) is 4.03. The molecule has 0 saturated carbocycles. The number of anilines is 1. The van der Waals surface area contributed by atoms with Crippen molar-refractivity contribution in [2.24, 2.45) is 5.73 Å². The van der Waals surface area contributed by atoms with Gasteiger partial charge < -0.3 is 15.6 Å². The third-order valence-corrected chi connectivity index (χ3v) is 6.19. The van der Waals surface area contributed by atoms with Crippen molar-refractivity contribution in [2.75, 3.05) is 4.72 Å². The quantitative estimate of drug-likeness (QED) is 0.457. The van der Waals surface area contributed by atoms with Crippen LogP contribution in [0.3, 0.4) is 0 Å². The first-order chi connectivity index (χ1) is 15.7. The molecule has 11 heteroatoms. The van der Waals surface area contributed by atoms with E-state index >= 15 is 0 Å². The molecule has 1 unspecified atom stereocenters. The molecule has 1 aliphatic heterocycles. The highest BCUT2D eigenvalue weighted by Gasteiger charge is 2.28. The van der Waals surface area contributed by atoms with Crippen LogP contribution in [0.4, 0.5) is 5.69 Å². The maximum Gasteiger partial charge on any atom is 0.335 e. The summed E-state index contributed by atoms with van der Waals surface area (Å²) in [5, 5.41) is 9.72. The standard InChI is InChI=1S/C16H9Cl2NO4S.C6H6N2O/c17-11-3-1-8(5-12(11)18)6-14-15(20)10-7-9(16(21)22)2-4-13(10)19-24(14)23;7-6(9)5-1-3-8-4-2-5/h1-7,19H,(H,21,22);1-4H,(H2,7,9)/b14-6-;. The van der Waals surface area contributed by atoms with Crippen LogP contribution in [0.1, 0.15) is 36.6 Å². The van der Waals surface area contributed by atoms with E-state index in [2.05, 4.69) is 9.71 Å². The number of aromatic nitrogens is 1. The minimum Gasteiger partial charge on any atom is -0.478 e. The van der Waals surface area contributed by atoms with E-state index < -0.39 is 28.6 Å². The second-order valence-electron chi connectivity index (χ2n) is 6.55. The monoisotopic (exact) mass is 503 g/mol. The number of carboxylic acids is 1. The molecule has 1 atom stereocenters. The SMILES string of the molecule is NC(=O)c1ccncc1.O=C(O)c1ccc2c(c1)C(=O)/C(=C/c1ccc(Cl)c(Cl)c1)S(=O)N2. The summed E-state index contributed by atoms with van der Waals surface area (Å²) in [6.07, 6.45) is 4.49. The van der Waals surface area contributed by atoms with Crippen LogP contribution in [0.2, 0.25) is 10.0 Å². The number of rotatable bonds is 3. The van der Waals surface area contributed by atoms with Crippen molar-refractivity contribution in [3.8, 4) is 0 Å². The molecule has 1 aromatic heterocycles. The van der Waals surface area contributed by atoms with Crippen molar-refractivity contribution >= 4 is 63.6 Å². The molecule has 1 amide bonds. The Morgan fingerprint density at radius 3 is 2.27 bits per heavy atom. The number of Topliss-reactive ketones (excluding diaryl/α,β-unsaturated/α-hetero) is 1. The van der Waals surface area contributed by atoms with Crippen LogP contribution in [0.15, 0.2) is 65.8 Å². The molecule has 0 saturated heterocycles. The highest BCUT2D eigenvalue weighted by Crippen LogP contribution is 2.30. The van der Waals surface area contributed by atoms with Crippen LogP contribution >= 0.6 is 23.2 Å². The normalized spacial score (nSPS) is 15.6. The molecule has 0 bridgehead atoms. The molecule has 33 heavy (non-hydrogen) atoms. The average molecular weight is 504 g/mol. The highest BCUT2D eigenvalue weighted by atomic mass is 35.5. The maximum atomic E-state index is 12.6. The zero-order valence-electron chi connectivity index (χ0n) is 16.6. The average Bonchev–Trinajstić information content (AvgIpc) is 2.79. The van der Waals surface area contributed by atoms with Gasteiger partial charge in [-0.1, -0.05) is 29.3 Å². The van der Waals surface area contributed by atoms with Gasteiger partial charge in [-0.2, -0.15) is 0 Å². The predicted molar refractivity (Wildman–Crippen MR) is 127 cm³/mol. The van der Waals surface area contributed by atoms with Gasteiger partial charge in [0.05, 0.1) is 21.3 Å². The summed E-state index contributed by atoms with van der Waals surface area (Å²) in [5.41, 5.74) is 6.45. The lowest BCUT2D eigenvalue weighted by atomic mass is 10.0. The van der Waals surface area contributed by atoms with Crippen LogP contribution in [0, 0.1) is 0 Å². The number of hydrogen-bond donors (Lipinski definition) is 3. The van der Waals surface area contributed by atoms with Gasteiger partial charge in [-0.05, 0) is 54.1 Å². The summed E-state index contributed by atoms with van der Waals surface area (Å²) in [7, 11) is -1.76. The molecule has 4 rings (SSSR count). The number of benzene rings is 2. The first kappa shape index (κ1) is 24.1. The zero-order valence-corrected chi connectivity index (χ0v) is 18.9. The zero-order chi connectivity index (χ0) is 24.1. The molecule has 2 aromatic carbocycles. The lowest BCUT2D eigenvalue weighted by Crippen LogP contribution is -2.23. The van der Waals surface area contributed by atoms with Gasteiger partial charge in [0.15, 0.2) is 11.0 Å². The minimum absolute atomic E-state index is 0.00317. The molecule has 168 valence electrons. The van der Waals surface area contributed by atoms with Crippen molar-refractivity contribution in [3.05, 3.63) is 98.1 Å². The summed E-state index contributed by atoms with van der Waals surface area (Å²) >= 11 is 11.8. The van der Waals surface area contributed by atoms with Crippen LogP contribution in [-0.4, -0.2) is 32.0 Å². The first-order valence-corrected chi connectivity index (χ1v) is 11.0. The molecular weight excluding hydrogens is 489 g/mol. The number of nitrogens with zero attached hydrogens (tertiary/aromatic N) is 1. The second kappa shape index (κ2) is 10.4. The van der Waals surface area contributed by atoms with Gasteiger partial charge in [0.1, 0.15) is 4.91 Å². The molecule has 1 aliphatic rings. The van der Waals surface area contributed by atoms with E-state index in [4.69, 9.17) is 34.0 Å². The van der Waals surface area contributed by atoms with Crippen LogP contribution in [0.25, 0.3) is 6.08 Å². The van der Waals surface area contributed by atoms with E-state index in [0.29, 0.717) is 26.9 Å². The molecule has 3 aromatic rings. The van der Waals surface area contributed by atoms with Gasteiger partial charge in [0, 0.05) is 23.5 Å². The van der Waals surface area contributed by atoms with Crippen molar-refractivity contribution in [1.82, 2.24) is 4.98 Å². The van der Waals surface area contributed by atoms with Crippen molar-refractivity contribution in [2.45, 2.75) is 0 Å². The number of aromatic carboxylic acids is 1. The Hall–Kier alpha value is -3.53. The number of primary amides is 1. The number of hydrogen-bond acceptors (Lipinski definition) is 5. The van der Waals surface area contributed by atoms with Gasteiger partial charge >= 0.3 is 5.97 Å². The lowest BCUT2D eigenvalue weighted by molar-refractivity contribution is 0.0696. The summed E-state index contributed by atoms with van der Waals surface area (Å²) < 4.78 is 15.0. The van der Waals surface area contributed by atoms with E-state index in [1.165, 1.54) is 36.7 Å². The topological polar surface area (TPSA) is 139 Å². The number of ketones is 1. The van der Waals surface area contributed by atoms with Crippen LogP contribution in [-0.2, 0) is 11.0 Å². The fourth-order valence-electron chi connectivity index (χ4n) is 2.71. The molecule has 0 spiro atoms. The van der Waals surface area contributed by atoms with Crippen molar-refractivity contribution in [3.63, 3.8) is 0 Å². The van der Waals surface area contributed by atoms with Gasteiger partial charge in [-0.25, -0.2) is 9.00 Å². The summed E-state index contributed by atoms with van der Waals surface area (Å²) in [4.78, 5) is 37.8. The molecule has 4 N–H and O–H groups in total. The Morgan fingerprint density at radius 1 is 1.00 bits per heavy atom. The van der Waals surface area contributed by atoms with E-state index in [1.807, 2.05) is 0 Å². The number of fused-ring (bicyclic) bond motifs is 1. The number of nitrogens with two attached hydrogens (primary N) is 1. The van der Waals surface area contributed by atoms with Crippen molar-refractivity contribution in [1.29, 1.82) is 0 Å². The number of nitrogens with one attached hydrogen (secondary N) is 1. The molecule has 8 nitrogen and oxygen atoms in total. The minimum atomic E-state index is -1.76. The Bertz CT molecular complexity index is 1310. The first-order valence-electron chi connectivity index (χ1n) is 9.14. The third kappa shape index (κ3) is 5.83. The maximum absolute atomic E-state index is 12.6. The smallest absolute Gasteiger partial charge is 0.335 e.